The lowest BCUT2D eigenvalue weighted by molar-refractivity contribution is -0.929. The van der Waals surface area contributed by atoms with Crippen LogP contribution in [-0.2, 0) is 19.2 Å². The van der Waals surface area contributed by atoms with Crippen LogP contribution in [0.2, 0.25) is 0 Å². The SMILES string of the molecule is C[N+](CCC[N+](CCCC1CCCC1)(CC(=O)[O-])CC(=O)[O-])(CC(=O)[O-])CC(=O)[O-]. The Morgan fingerprint density at radius 3 is 1.57 bits per heavy atom. The fraction of sp³-hybridized carbons (Fsp3) is 0.800. The van der Waals surface area contributed by atoms with Crippen molar-refractivity contribution >= 4 is 23.9 Å². The molecular weight excluding hydrogens is 396 g/mol. The molecule has 0 heterocycles. The van der Waals surface area contributed by atoms with Gasteiger partial charge in [0.05, 0.1) is 50.6 Å². The van der Waals surface area contributed by atoms with Crippen LogP contribution in [-0.4, -0.2) is 85.7 Å². The van der Waals surface area contributed by atoms with Crippen LogP contribution in [0.5, 0.6) is 0 Å². The second-order valence-electron chi connectivity index (χ2n) is 8.90. The van der Waals surface area contributed by atoms with E-state index in [9.17, 15) is 39.6 Å². The van der Waals surface area contributed by atoms with E-state index in [-0.39, 0.29) is 28.5 Å². The van der Waals surface area contributed by atoms with Gasteiger partial charge in [-0.3, -0.25) is 0 Å². The molecule has 0 N–H and O–H groups in total. The molecule has 0 spiro atoms. The van der Waals surface area contributed by atoms with Gasteiger partial charge in [0.25, 0.3) is 0 Å². The summed E-state index contributed by atoms with van der Waals surface area (Å²) in [6, 6.07) is 0. The molecule has 0 radical (unpaired) electrons. The summed E-state index contributed by atoms with van der Waals surface area (Å²) >= 11 is 0. The third-order valence-corrected chi connectivity index (χ3v) is 6.00. The van der Waals surface area contributed by atoms with Crippen LogP contribution in [0.1, 0.15) is 44.9 Å². The first kappa shape index (κ1) is 25.8. The van der Waals surface area contributed by atoms with Crippen LogP contribution in [0.4, 0.5) is 0 Å². The van der Waals surface area contributed by atoms with E-state index in [1.54, 1.807) is 0 Å². The number of quaternary nitrogens is 2. The van der Waals surface area contributed by atoms with Crippen molar-refractivity contribution in [1.29, 1.82) is 0 Å². The van der Waals surface area contributed by atoms with Crippen molar-refractivity contribution in [3.8, 4) is 0 Å². The zero-order valence-corrected chi connectivity index (χ0v) is 17.6. The van der Waals surface area contributed by atoms with Gasteiger partial charge in [-0.05, 0) is 18.8 Å². The standard InChI is InChI=1S/C20H34N2O8/c1-21(12-17(23)24,13-18(25)26)9-5-11-22(14-19(27)28,15-20(29)30)10-4-8-16-6-2-3-7-16/h16H,2-15H2,1H3,(H2-2,23,24,25,26,27,28,29,30)/p-2. The van der Waals surface area contributed by atoms with Gasteiger partial charge in [0.15, 0.2) is 0 Å². The Morgan fingerprint density at radius 1 is 0.700 bits per heavy atom. The number of carboxylic acids is 4. The van der Waals surface area contributed by atoms with Gasteiger partial charge < -0.3 is 48.6 Å². The van der Waals surface area contributed by atoms with Gasteiger partial charge in [-0.1, -0.05) is 25.7 Å². The van der Waals surface area contributed by atoms with Crippen molar-refractivity contribution < 1.29 is 48.6 Å². The average molecular weight is 428 g/mol. The number of carboxylic acid groups (broad SMARTS) is 4. The summed E-state index contributed by atoms with van der Waals surface area (Å²) in [5.74, 6) is -5.01. The molecule has 0 bridgehead atoms. The predicted molar refractivity (Wildman–Crippen MR) is 96.4 cm³/mol. The van der Waals surface area contributed by atoms with Gasteiger partial charge in [-0.2, -0.15) is 0 Å². The van der Waals surface area contributed by atoms with Crippen molar-refractivity contribution in [3.63, 3.8) is 0 Å². The van der Waals surface area contributed by atoms with Crippen molar-refractivity contribution in [2.24, 2.45) is 5.92 Å². The van der Waals surface area contributed by atoms with Gasteiger partial charge >= 0.3 is 0 Å². The molecule has 0 unspecified atom stereocenters. The van der Waals surface area contributed by atoms with Crippen LogP contribution in [0.25, 0.3) is 0 Å². The minimum atomic E-state index is -1.42. The zero-order chi connectivity index (χ0) is 22.8. The van der Waals surface area contributed by atoms with Gasteiger partial charge in [0.2, 0.25) is 0 Å². The number of hydrogen-bond acceptors (Lipinski definition) is 8. The van der Waals surface area contributed by atoms with Gasteiger partial charge in [0, 0.05) is 6.42 Å². The van der Waals surface area contributed by atoms with Gasteiger partial charge in [-0.25, -0.2) is 0 Å². The van der Waals surface area contributed by atoms with Crippen molar-refractivity contribution in [1.82, 2.24) is 0 Å². The highest BCUT2D eigenvalue weighted by Gasteiger charge is 2.31. The third kappa shape index (κ3) is 10.0. The predicted octanol–water partition coefficient (Wildman–Crippen LogP) is -4.39. The Hall–Kier alpha value is -2.20. The van der Waals surface area contributed by atoms with Crippen LogP contribution < -0.4 is 20.4 Å². The maximum atomic E-state index is 11.4. The summed E-state index contributed by atoms with van der Waals surface area (Å²) in [6.07, 6.45) is 6.39. The van der Waals surface area contributed by atoms with E-state index in [2.05, 4.69) is 0 Å². The first-order chi connectivity index (χ1) is 14.0. The lowest BCUT2D eigenvalue weighted by Crippen LogP contribution is -2.61. The third-order valence-electron chi connectivity index (χ3n) is 6.00. The van der Waals surface area contributed by atoms with E-state index in [0.29, 0.717) is 18.9 Å². The zero-order valence-electron chi connectivity index (χ0n) is 17.6. The molecule has 10 nitrogen and oxygen atoms in total. The summed E-state index contributed by atoms with van der Waals surface area (Å²) < 4.78 is -0.655. The smallest absolute Gasteiger partial charge is 0.119 e. The molecule has 0 aromatic rings. The minimum absolute atomic E-state index is 0.0880. The van der Waals surface area contributed by atoms with Crippen LogP contribution >= 0.6 is 0 Å². The maximum absolute atomic E-state index is 11.4. The van der Waals surface area contributed by atoms with E-state index < -0.39 is 50.1 Å². The molecule has 1 fully saturated rings. The fourth-order valence-electron chi connectivity index (χ4n) is 4.67. The normalized spacial score (nSPS) is 15.2. The molecule has 1 aliphatic rings. The highest BCUT2D eigenvalue weighted by atomic mass is 16.4. The maximum Gasteiger partial charge on any atom is 0.119 e. The van der Waals surface area contributed by atoms with Gasteiger partial charge in [-0.15, -0.1) is 0 Å². The molecular formula is C20H32N2O8-2. The monoisotopic (exact) mass is 428 g/mol. The summed E-state index contributed by atoms with van der Waals surface area (Å²) in [4.78, 5) is 44.7. The Kier molecular flexibility index (Phi) is 10.2. The number of likely N-dealkylation sites (N-methyl/N-ethyl adjacent to an activating group) is 1. The molecule has 0 atom stereocenters. The van der Waals surface area contributed by atoms with E-state index >= 15 is 0 Å². The van der Waals surface area contributed by atoms with Crippen molar-refractivity contribution in [2.75, 3.05) is 52.9 Å². The Balaban J connectivity index is 2.84. The van der Waals surface area contributed by atoms with Crippen molar-refractivity contribution in [2.45, 2.75) is 44.9 Å². The average Bonchev–Trinajstić information content (AvgIpc) is 3.04. The van der Waals surface area contributed by atoms with Crippen molar-refractivity contribution in [3.05, 3.63) is 0 Å². The van der Waals surface area contributed by atoms with Crippen LogP contribution in [0, 0.1) is 5.92 Å². The Bertz CT molecular complexity index is 584. The Labute approximate surface area is 176 Å². The molecule has 0 amide bonds. The van der Waals surface area contributed by atoms with E-state index in [1.165, 1.54) is 19.9 Å². The summed E-state index contributed by atoms with van der Waals surface area (Å²) in [7, 11) is 1.43. The number of aliphatic carboxylic acids is 4. The second kappa shape index (κ2) is 11.8. The minimum Gasteiger partial charge on any atom is -0.544 e. The molecule has 0 aromatic carbocycles. The van der Waals surface area contributed by atoms with Gasteiger partial charge in [0.1, 0.15) is 26.2 Å². The number of hydrogen-bond donors (Lipinski definition) is 0. The summed E-state index contributed by atoms with van der Waals surface area (Å²) in [5.41, 5.74) is 0. The summed E-state index contributed by atoms with van der Waals surface area (Å²) in [5, 5.41) is 44.7. The topological polar surface area (TPSA) is 161 Å². The number of nitrogens with zero attached hydrogens (tertiary/aromatic N) is 2. The molecule has 172 valence electrons. The molecule has 30 heavy (non-hydrogen) atoms. The Morgan fingerprint density at radius 2 is 1.13 bits per heavy atom. The second-order valence-corrected chi connectivity index (χ2v) is 8.90. The molecule has 0 saturated heterocycles. The molecule has 1 aliphatic carbocycles. The molecule has 0 aromatic heterocycles. The first-order valence-corrected chi connectivity index (χ1v) is 10.4. The first-order valence-electron chi connectivity index (χ1n) is 10.4. The van der Waals surface area contributed by atoms with Crippen LogP contribution in [0.15, 0.2) is 0 Å². The largest absolute Gasteiger partial charge is 0.544 e. The highest BCUT2D eigenvalue weighted by molar-refractivity contribution is 5.68. The lowest BCUT2D eigenvalue weighted by Gasteiger charge is -2.41. The molecule has 0 aliphatic heterocycles. The lowest BCUT2D eigenvalue weighted by atomic mass is 10.0. The quantitative estimate of drug-likeness (QED) is 0.223. The fourth-order valence-corrected chi connectivity index (χ4v) is 4.67. The number of carbonyl (C=O) groups is 4. The van der Waals surface area contributed by atoms with E-state index in [4.69, 9.17) is 0 Å². The van der Waals surface area contributed by atoms with E-state index in [0.717, 1.165) is 19.3 Å². The molecule has 1 rings (SSSR count). The molecule has 1 saturated carbocycles. The highest BCUT2D eigenvalue weighted by Crippen LogP contribution is 2.29. The van der Waals surface area contributed by atoms with Crippen LogP contribution in [0.3, 0.4) is 0 Å². The number of carbonyl (C=O) groups excluding carboxylic acids is 4. The number of rotatable bonds is 16. The van der Waals surface area contributed by atoms with E-state index in [1.807, 2.05) is 0 Å². The molecule has 10 heteroatoms. The summed E-state index contributed by atoms with van der Waals surface area (Å²) in [6.45, 7) is -1.55.